The number of para-hydroxylation sites is 1. The summed E-state index contributed by atoms with van der Waals surface area (Å²) in [4.78, 5) is 24.7. The zero-order valence-electron chi connectivity index (χ0n) is 16.5. The van der Waals surface area contributed by atoms with Crippen LogP contribution in [0, 0.1) is 0 Å². The van der Waals surface area contributed by atoms with Crippen LogP contribution in [-0.4, -0.2) is 40.4 Å². The molecule has 0 saturated carbocycles. The molecule has 1 fully saturated rings. The van der Waals surface area contributed by atoms with E-state index in [0.29, 0.717) is 25.3 Å². The largest absolute Gasteiger partial charge is 0.487 e. The summed E-state index contributed by atoms with van der Waals surface area (Å²) in [7, 11) is 1.78. The molecule has 8 heteroatoms. The fourth-order valence-corrected chi connectivity index (χ4v) is 4.00. The van der Waals surface area contributed by atoms with Crippen LogP contribution in [-0.2, 0) is 21.4 Å². The highest BCUT2D eigenvalue weighted by Crippen LogP contribution is 2.43. The number of fused-ring (bicyclic) bond motifs is 1. The van der Waals surface area contributed by atoms with Crippen LogP contribution in [0.25, 0.3) is 0 Å². The number of nitrogens with zero attached hydrogens (tertiary/aromatic N) is 2. The smallest absolute Gasteiger partial charge is 0.224 e. The summed E-state index contributed by atoms with van der Waals surface area (Å²) in [6, 6.07) is 7.70. The molecule has 2 aliphatic heterocycles. The number of hydrogen-bond donors (Lipinski definition) is 2. The van der Waals surface area contributed by atoms with E-state index in [1.54, 1.807) is 24.1 Å². The SMILES string of the molecule is Cn1cc(NC(=O)CCC(=O)NC2CC3(CCOCC3)Oc3ccccc32)cn1. The Morgan fingerprint density at radius 3 is 2.72 bits per heavy atom. The molecule has 154 valence electrons. The van der Waals surface area contributed by atoms with Gasteiger partial charge in [-0.2, -0.15) is 5.10 Å². The number of amides is 2. The minimum atomic E-state index is -0.303. The average molecular weight is 398 g/mol. The molecule has 1 spiro atoms. The van der Waals surface area contributed by atoms with Crippen molar-refractivity contribution in [3.63, 3.8) is 0 Å². The van der Waals surface area contributed by atoms with Gasteiger partial charge >= 0.3 is 0 Å². The van der Waals surface area contributed by atoms with Crippen molar-refractivity contribution in [1.29, 1.82) is 0 Å². The van der Waals surface area contributed by atoms with Crippen LogP contribution in [0.1, 0.15) is 43.7 Å². The first kappa shape index (κ1) is 19.4. The summed E-state index contributed by atoms with van der Waals surface area (Å²) in [5.41, 5.74) is 1.30. The van der Waals surface area contributed by atoms with Gasteiger partial charge in [-0.25, -0.2) is 0 Å². The van der Waals surface area contributed by atoms with Crippen LogP contribution in [0.15, 0.2) is 36.7 Å². The summed E-state index contributed by atoms with van der Waals surface area (Å²) < 4.78 is 13.4. The van der Waals surface area contributed by atoms with Crippen molar-refractivity contribution in [2.24, 2.45) is 7.05 Å². The van der Waals surface area contributed by atoms with Gasteiger partial charge in [-0.05, 0) is 6.07 Å². The van der Waals surface area contributed by atoms with Crippen LogP contribution in [0.2, 0.25) is 0 Å². The molecule has 0 bridgehead atoms. The summed E-state index contributed by atoms with van der Waals surface area (Å²) in [5.74, 6) is 0.469. The molecule has 3 heterocycles. The molecule has 1 atom stereocenters. The number of carbonyl (C=O) groups is 2. The van der Waals surface area contributed by atoms with Crippen LogP contribution in [0.5, 0.6) is 5.75 Å². The molecule has 4 rings (SSSR count). The number of nitrogens with one attached hydrogen (secondary N) is 2. The molecule has 2 N–H and O–H groups in total. The lowest BCUT2D eigenvalue weighted by Gasteiger charge is -2.44. The van der Waals surface area contributed by atoms with Crippen LogP contribution in [0.4, 0.5) is 5.69 Å². The van der Waals surface area contributed by atoms with Crippen molar-refractivity contribution in [2.45, 2.75) is 43.7 Å². The van der Waals surface area contributed by atoms with E-state index in [0.717, 1.165) is 24.2 Å². The van der Waals surface area contributed by atoms with Gasteiger partial charge in [0.25, 0.3) is 0 Å². The third-order valence-corrected chi connectivity index (χ3v) is 5.50. The zero-order valence-corrected chi connectivity index (χ0v) is 16.5. The molecule has 0 radical (unpaired) electrons. The highest BCUT2D eigenvalue weighted by atomic mass is 16.5. The molecule has 1 unspecified atom stereocenters. The maximum Gasteiger partial charge on any atom is 0.224 e. The van der Waals surface area contributed by atoms with Gasteiger partial charge < -0.3 is 20.1 Å². The second-order valence-corrected chi connectivity index (χ2v) is 7.71. The first-order valence-electron chi connectivity index (χ1n) is 9.97. The summed E-state index contributed by atoms with van der Waals surface area (Å²) in [5, 5.41) is 9.87. The quantitative estimate of drug-likeness (QED) is 0.806. The van der Waals surface area contributed by atoms with Gasteiger partial charge in [-0.1, -0.05) is 18.2 Å². The topological polar surface area (TPSA) is 94.5 Å². The number of anilines is 1. The highest BCUT2D eigenvalue weighted by molar-refractivity contribution is 5.93. The lowest BCUT2D eigenvalue weighted by Crippen LogP contribution is -2.48. The van der Waals surface area contributed by atoms with Gasteiger partial charge in [0.05, 0.1) is 31.1 Å². The van der Waals surface area contributed by atoms with Gasteiger partial charge in [0, 0.05) is 50.9 Å². The van der Waals surface area contributed by atoms with Crippen molar-refractivity contribution in [3.8, 4) is 5.75 Å². The van der Waals surface area contributed by atoms with Crippen molar-refractivity contribution >= 4 is 17.5 Å². The standard InChI is InChI=1S/C21H26N4O4/c1-25-14-15(13-22-25)23-19(26)6-7-20(27)24-17-12-21(8-10-28-11-9-21)29-18-5-3-2-4-16(17)18/h2-5,13-14,17H,6-12H2,1H3,(H,23,26)(H,24,27). The third-order valence-electron chi connectivity index (χ3n) is 5.50. The van der Waals surface area contributed by atoms with Crippen LogP contribution < -0.4 is 15.4 Å². The van der Waals surface area contributed by atoms with E-state index in [2.05, 4.69) is 15.7 Å². The minimum Gasteiger partial charge on any atom is -0.487 e. The minimum absolute atomic E-state index is 0.116. The average Bonchev–Trinajstić information content (AvgIpc) is 3.11. The molecule has 0 aliphatic carbocycles. The molecular weight excluding hydrogens is 372 g/mol. The van der Waals surface area contributed by atoms with Crippen molar-refractivity contribution in [1.82, 2.24) is 15.1 Å². The van der Waals surface area contributed by atoms with Gasteiger partial charge in [-0.3, -0.25) is 14.3 Å². The van der Waals surface area contributed by atoms with E-state index in [4.69, 9.17) is 9.47 Å². The van der Waals surface area contributed by atoms with Gasteiger partial charge in [-0.15, -0.1) is 0 Å². The van der Waals surface area contributed by atoms with Crippen LogP contribution in [0.3, 0.4) is 0 Å². The molecule has 29 heavy (non-hydrogen) atoms. The van der Waals surface area contributed by atoms with Gasteiger partial charge in [0.2, 0.25) is 11.8 Å². The third kappa shape index (κ3) is 4.59. The fourth-order valence-electron chi connectivity index (χ4n) is 4.00. The number of ether oxygens (including phenoxy) is 2. The lowest BCUT2D eigenvalue weighted by atomic mass is 9.82. The Hall–Kier alpha value is -2.87. The summed E-state index contributed by atoms with van der Waals surface area (Å²) in [6.45, 7) is 1.33. The lowest BCUT2D eigenvalue weighted by molar-refractivity contribution is -0.126. The maximum atomic E-state index is 12.6. The predicted octanol–water partition coefficient (Wildman–Crippen LogP) is 2.33. The Morgan fingerprint density at radius 1 is 1.21 bits per heavy atom. The molecule has 2 aromatic rings. The van der Waals surface area contributed by atoms with E-state index < -0.39 is 0 Å². The Balaban J connectivity index is 1.37. The number of carbonyl (C=O) groups excluding carboxylic acids is 2. The van der Waals surface area contributed by atoms with E-state index in [9.17, 15) is 9.59 Å². The number of hydrogen-bond acceptors (Lipinski definition) is 5. The number of rotatable bonds is 5. The number of aromatic nitrogens is 2. The van der Waals surface area contributed by atoms with Crippen molar-refractivity contribution in [2.75, 3.05) is 18.5 Å². The normalized spacial score (nSPS) is 19.8. The maximum absolute atomic E-state index is 12.6. The molecule has 1 saturated heterocycles. The van der Waals surface area contributed by atoms with Crippen molar-refractivity contribution < 1.29 is 19.1 Å². The second-order valence-electron chi connectivity index (χ2n) is 7.71. The zero-order chi connectivity index (χ0) is 20.3. The van der Waals surface area contributed by atoms with E-state index in [1.165, 1.54) is 0 Å². The fraction of sp³-hybridized carbons (Fsp3) is 0.476. The summed E-state index contributed by atoms with van der Waals surface area (Å²) >= 11 is 0. The predicted molar refractivity (Wildman–Crippen MR) is 106 cm³/mol. The van der Waals surface area contributed by atoms with Crippen LogP contribution >= 0.6 is 0 Å². The first-order chi connectivity index (χ1) is 14.0. The molecule has 2 aliphatic rings. The molecule has 2 amide bonds. The molecule has 1 aromatic carbocycles. The first-order valence-corrected chi connectivity index (χ1v) is 9.97. The number of aryl methyl sites for hydroxylation is 1. The highest BCUT2D eigenvalue weighted by Gasteiger charge is 2.42. The summed E-state index contributed by atoms with van der Waals surface area (Å²) in [6.07, 6.45) is 5.85. The van der Waals surface area contributed by atoms with Gasteiger partial charge in [0.15, 0.2) is 0 Å². The Labute approximate surface area is 169 Å². The number of benzene rings is 1. The molecule has 1 aromatic heterocycles. The monoisotopic (exact) mass is 398 g/mol. The van der Waals surface area contributed by atoms with Gasteiger partial charge in [0.1, 0.15) is 11.4 Å². The Kier molecular flexibility index (Phi) is 5.53. The van der Waals surface area contributed by atoms with E-state index >= 15 is 0 Å². The molecular formula is C21H26N4O4. The molecule has 8 nitrogen and oxygen atoms in total. The van der Waals surface area contributed by atoms with Crippen molar-refractivity contribution in [3.05, 3.63) is 42.2 Å². The Bertz CT molecular complexity index is 888. The van der Waals surface area contributed by atoms with E-state index in [-0.39, 0.29) is 36.3 Å². The second kappa shape index (κ2) is 8.24. The van der Waals surface area contributed by atoms with E-state index in [1.807, 2.05) is 24.3 Å². The Morgan fingerprint density at radius 2 is 1.97 bits per heavy atom.